The molecule has 0 saturated heterocycles. The highest BCUT2D eigenvalue weighted by molar-refractivity contribution is 6.10. The molecule has 1 unspecified atom stereocenters. The molecule has 2 heterocycles. The minimum absolute atomic E-state index is 0.513. The van der Waals surface area contributed by atoms with Crippen molar-refractivity contribution in [2.75, 3.05) is 5.32 Å². The van der Waals surface area contributed by atoms with Gasteiger partial charge in [-0.1, -0.05) is 73.7 Å². The predicted octanol–water partition coefficient (Wildman–Crippen LogP) is 9.70. The van der Waals surface area contributed by atoms with Crippen LogP contribution in [0.3, 0.4) is 0 Å². The molecular weight excluding hydrogens is 476 g/mol. The Morgan fingerprint density at radius 2 is 1.64 bits per heavy atom. The van der Waals surface area contributed by atoms with Crippen LogP contribution < -0.4 is 5.32 Å². The monoisotopic (exact) mass is 504 g/mol. The van der Waals surface area contributed by atoms with Gasteiger partial charge < -0.3 is 14.7 Å². The van der Waals surface area contributed by atoms with Crippen LogP contribution in [0.15, 0.2) is 108 Å². The number of hydrogen-bond acceptors (Lipinski definition) is 2. The molecule has 7 aromatic rings. The van der Waals surface area contributed by atoms with Crippen molar-refractivity contribution in [1.29, 1.82) is 0 Å². The van der Waals surface area contributed by atoms with Crippen LogP contribution in [0.2, 0.25) is 0 Å². The van der Waals surface area contributed by atoms with E-state index >= 15 is 0 Å². The number of nitrogens with one attached hydrogen (secondary N) is 2. The highest BCUT2D eigenvalue weighted by atomic mass is 16.3. The number of anilines is 1. The fourth-order valence-corrected chi connectivity index (χ4v) is 6.13. The quantitative estimate of drug-likeness (QED) is 0.250. The third-order valence-electron chi connectivity index (χ3n) is 8.16. The number of allylic oxidation sites excluding steroid dienone is 1. The molecule has 0 aliphatic heterocycles. The Kier molecular flexibility index (Phi) is 4.93. The van der Waals surface area contributed by atoms with Gasteiger partial charge in [0.1, 0.15) is 11.3 Å². The SMILES string of the molecule is CC1C=Cc2c(oc3ccc(-c4cc(CNc5ccc6ccccc6c5)c5[nH]c6ccccc6c5c4)cc23)C1. The largest absolute Gasteiger partial charge is 0.460 e. The van der Waals surface area contributed by atoms with Crippen LogP contribution in [-0.4, -0.2) is 4.98 Å². The first-order chi connectivity index (χ1) is 19.2. The summed E-state index contributed by atoms with van der Waals surface area (Å²) in [5.41, 5.74) is 9.34. The number of fused-ring (bicyclic) bond motifs is 7. The van der Waals surface area contributed by atoms with E-state index in [0.29, 0.717) is 5.92 Å². The van der Waals surface area contributed by atoms with Gasteiger partial charge in [-0.25, -0.2) is 0 Å². The molecule has 3 nitrogen and oxygen atoms in total. The molecule has 0 saturated carbocycles. The van der Waals surface area contributed by atoms with Crippen LogP contribution in [-0.2, 0) is 13.0 Å². The van der Waals surface area contributed by atoms with Crippen molar-refractivity contribution in [2.24, 2.45) is 5.92 Å². The molecule has 0 bridgehead atoms. The number of para-hydroxylation sites is 1. The molecular formula is C36H28N2O. The summed E-state index contributed by atoms with van der Waals surface area (Å²) in [6.07, 6.45) is 5.49. The van der Waals surface area contributed by atoms with E-state index in [1.54, 1.807) is 0 Å². The third-order valence-corrected chi connectivity index (χ3v) is 8.16. The molecule has 39 heavy (non-hydrogen) atoms. The number of furan rings is 1. The van der Waals surface area contributed by atoms with E-state index in [1.807, 2.05) is 0 Å². The molecule has 1 atom stereocenters. The Labute approximate surface area is 226 Å². The van der Waals surface area contributed by atoms with Crippen molar-refractivity contribution in [2.45, 2.75) is 19.9 Å². The summed E-state index contributed by atoms with van der Waals surface area (Å²) in [6.45, 7) is 2.96. The third kappa shape index (κ3) is 3.73. The van der Waals surface area contributed by atoms with Gasteiger partial charge in [-0.15, -0.1) is 0 Å². The lowest BCUT2D eigenvalue weighted by atomic mass is 9.93. The molecule has 8 rings (SSSR count). The summed E-state index contributed by atoms with van der Waals surface area (Å²) in [7, 11) is 0. The van der Waals surface area contributed by atoms with Gasteiger partial charge in [-0.05, 0) is 75.8 Å². The topological polar surface area (TPSA) is 41.0 Å². The van der Waals surface area contributed by atoms with Crippen LogP contribution in [0.1, 0.15) is 23.8 Å². The highest BCUT2D eigenvalue weighted by Crippen LogP contribution is 2.38. The van der Waals surface area contributed by atoms with Gasteiger partial charge in [-0.2, -0.15) is 0 Å². The lowest BCUT2D eigenvalue weighted by molar-refractivity contribution is 0.513. The smallest absolute Gasteiger partial charge is 0.134 e. The van der Waals surface area contributed by atoms with E-state index in [9.17, 15) is 0 Å². The molecule has 0 spiro atoms. The minimum atomic E-state index is 0.513. The van der Waals surface area contributed by atoms with Crippen molar-refractivity contribution < 1.29 is 4.42 Å². The predicted molar refractivity (Wildman–Crippen MR) is 164 cm³/mol. The molecule has 2 aromatic heterocycles. The van der Waals surface area contributed by atoms with Gasteiger partial charge in [0.25, 0.3) is 0 Å². The molecule has 5 aromatic carbocycles. The number of aromatic amines is 1. The molecule has 0 amide bonds. The van der Waals surface area contributed by atoms with Gasteiger partial charge in [-0.3, -0.25) is 0 Å². The van der Waals surface area contributed by atoms with Gasteiger partial charge in [0, 0.05) is 45.9 Å². The number of rotatable bonds is 4. The maximum Gasteiger partial charge on any atom is 0.134 e. The minimum Gasteiger partial charge on any atom is -0.460 e. The Bertz CT molecular complexity index is 2070. The van der Waals surface area contributed by atoms with Crippen LogP contribution >= 0.6 is 0 Å². The Hall–Kier alpha value is -4.76. The first kappa shape index (κ1) is 22.2. The van der Waals surface area contributed by atoms with Crippen LogP contribution in [0.25, 0.3) is 60.8 Å². The van der Waals surface area contributed by atoms with Gasteiger partial charge in [0.2, 0.25) is 0 Å². The van der Waals surface area contributed by atoms with Crippen molar-refractivity contribution in [3.8, 4) is 11.1 Å². The van der Waals surface area contributed by atoms with Crippen molar-refractivity contribution in [3.63, 3.8) is 0 Å². The van der Waals surface area contributed by atoms with Gasteiger partial charge >= 0.3 is 0 Å². The average molecular weight is 505 g/mol. The van der Waals surface area contributed by atoms with E-state index in [-0.39, 0.29) is 0 Å². The standard InChI is InChI=1S/C36H28N2O/c1-22-10-14-30-31-19-25(12-15-34(31)39-35(30)16-22)26-17-27(36-32(20-26)29-8-4-5-9-33(29)38-36)21-37-28-13-11-23-6-2-3-7-24(23)18-28/h2-15,17-20,22,37-38H,16,21H2,1H3. The molecule has 188 valence electrons. The van der Waals surface area contributed by atoms with Crippen LogP contribution in [0.5, 0.6) is 0 Å². The summed E-state index contributed by atoms with van der Waals surface area (Å²) < 4.78 is 6.24. The highest BCUT2D eigenvalue weighted by Gasteiger charge is 2.19. The zero-order valence-corrected chi connectivity index (χ0v) is 21.8. The lowest BCUT2D eigenvalue weighted by Gasteiger charge is -2.12. The second-order valence-electron chi connectivity index (χ2n) is 10.8. The first-order valence-electron chi connectivity index (χ1n) is 13.7. The van der Waals surface area contributed by atoms with Crippen LogP contribution in [0.4, 0.5) is 5.69 Å². The van der Waals surface area contributed by atoms with Crippen molar-refractivity contribution in [1.82, 2.24) is 4.98 Å². The second kappa shape index (κ2) is 8.64. The number of benzene rings is 5. The van der Waals surface area contributed by atoms with Crippen LogP contribution in [0, 0.1) is 5.92 Å². The first-order valence-corrected chi connectivity index (χ1v) is 13.7. The maximum absolute atomic E-state index is 6.24. The van der Waals surface area contributed by atoms with E-state index in [4.69, 9.17) is 4.42 Å². The number of hydrogen-bond donors (Lipinski definition) is 2. The number of aromatic nitrogens is 1. The lowest BCUT2D eigenvalue weighted by Crippen LogP contribution is -2.01. The summed E-state index contributed by atoms with van der Waals surface area (Å²) in [5.74, 6) is 1.61. The van der Waals surface area contributed by atoms with Gasteiger partial charge in [0.05, 0.1) is 5.52 Å². The summed E-state index contributed by atoms with van der Waals surface area (Å²) in [5, 5.41) is 9.89. The fraction of sp³-hybridized carbons (Fsp3) is 0.111. The summed E-state index contributed by atoms with van der Waals surface area (Å²) in [4.78, 5) is 3.70. The molecule has 2 N–H and O–H groups in total. The van der Waals surface area contributed by atoms with Gasteiger partial charge in [0.15, 0.2) is 0 Å². The molecule has 1 aliphatic rings. The molecule has 3 heteroatoms. The van der Waals surface area contributed by atoms with Crippen molar-refractivity contribution in [3.05, 3.63) is 120 Å². The van der Waals surface area contributed by atoms with E-state index < -0.39 is 0 Å². The summed E-state index contributed by atoms with van der Waals surface area (Å²) in [6, 6.07) is 34.9. The second-order valence-corrected chi connectivity index (χ2v) is 10.8. The normalized spacial score (nSPS) is 14.9. The Balaban J connectivity index is 1.25. The zero-order valence-electron chi connectivity index (χ0n) is 21.8. The van der Waals surface area contributed by atoms with E-state index in [0.717, 1.165) is 35.5 Å². The fourth-order valence-electron chi connectivity index (χ4n) is 6.13. The average Bonchev–Trinajstić information content (AvgIpc) is 3.53. The Morgan fingerprint density at radius 3 is 2.59 bits per heavy atom. The maximum atomic E-state index is 6.24. The summed E-state index contributed by atoms with van der Waals surface area (Å²) >= 11 is 0. The zero-order chi connectivity index (χ0) is 25.9. The van der Waals surface area contributed by atoms with Crippen molar-refractivity contribution >= 4 is 55.3 Å². The van der Waals surface area contributed by atoms with E-state index in [2.05, 4.69) is 126 Å². The Morgan fingerprint density at radius 1 is 0.795 bits per heavy atom. The number of H-pyrrole nitrogens is 1. The molecule has 0 fully saturated rings. The molecule has 1 aliphatic carbocycles. The molecule has 0 radical (unpaired) electrons. The van der Waals surface area contributed by atoms with E-state index in [1.165, 1.54) is 54.7 Å².